The topological polar surface area (TPSA) is 26.3 Å². The van der Waals surface area contributed by atoms with E-state index in [0.717, 1.165) is 29.7 Å². The van der Waals surface area contributed by atoms with E-state index in [9.17, 15) is 4.79 Å². The second-order valence-electron chi connectivity index (χ2n) is 5.10. The molecule has 2 aromatic carbocycles. The lowest BCUT2D eigenvalue weighted by atomic mass is 10.0. The summed E-state index contributed by atoms with van der Waals surface area (Å²) in [6.45, 7) is 1.52. The normalized spacial score (nSPS) is 14.1. The first-order valence-corrected chi connectivity index (χ1v) is 7.09. The van der Waals surface area contributed by atoms with Crippen LogP contribution in [0.3, 0.4) is 0 Å². The molecular formula is C17H15ClO2. The van der Waals surface area contributed by atoms with Crippen molar-refractivity contribution in [2.24, 2.45) is 0 Å². The van der Waals surface area contributed by atoms with Gasteiger partial charge in [-0.15, -0.1) is 0 Å². The molecule has 20 heavy (non-hydrogen) atoms. The predicted octanol–water partition coefficient (Wildman–Crippen LogP) is 4.75. The molecule has 0 N–H and O–H groups in total. The van der Waals surface area contributed by atoms with E-state index in [4.69, 9.17) is 16.3 Å². The number of rotatable bonds is 4. The summed E-state index contributed by atoms with van der Waals surface area (Å²) < 4.78 is 5.79. The predicted molar refractivity (Wildman–Crippen MR) is 80.5 cm³/mol. The summed E-state index contributed by atoms with van der Waals surface area (Å²) in [6.07, 6.45) is 2.67. The second kappa shape index (κ2) is 5.29. The van der Waals surface area contributed by atoms with Crippen molar-refractivity contribution in [2.45, 2.75) is 25.9 Å². The van der Waals surface area contributed by atoms with Crippen LogP contribution in [0.5, 0.6) is 5.75 Å². The number of carbonyl (C=O) groups is 1. The SMILES string of the molecule is CC(=O)c1ccc(-c2cccc(OC3CC3)c2)cc1Cl. The largest absolute Gasteiger partial charge is 0.490 e. The van der Waals surface area contributed by atoms with Gasteiger partial charge >= 0.3 is 0 Å². The van der Waals surface area contributed by atoms with Gasteiger partial charge in [0, 0.05) is 5.56 Å². The minimum atomic E-state index is -0.0210. The van der Waals surface area contributed by atoms with Gasteiger partial charge in [-0.1, -0.05) is 29.8 Å². The number of hydrogen-bond donors (Lipinski definition) is 0. The number of ether oxygens (including phenoxy) is 1. The molecule has 2 nitrogen and oxygen atoms in total. The Bertz CT molecular complexity index is 660. The average Bonchev–Trinajstić information content (AvgIpc) is 3.22. The zero-order chi connectivity index (χ0) is 14.1. The van der Waals surface area contributed by atoms with Gasteiger partial charge in [-0.2, -0.15) is 0 Å². The van der Waals surface area contributed by atoms with Gasteiger partial charge in [0.05, 0.1) is 11.1 Å². The Labute approximate surface area is 123 Å². The third-order valence-electron chi connectivity index (χ3n) is 3.34. The molecular weight excluding hydrogens is 272 g/mol. The van der Waals surface area contributed by atoms with Gasteiger partial charge in [0.1, 0.15) is 5.75 Å². The van der Waals surface area contributed by atoms with E-state index in [1.807, 2.05) is 36.4 Å². The quantitative estimate of drug-likeness (QED) is 0.758. The molecule has 2 aromatic rings. The maximum absolute atomic E-state index is 11.4. The lowest BCUT2D eigenvalue weighted by Gasteiger charge is -2.08. The van der Waals surface area contributed by atoms with Crippen LogP contribution in [0.1, 0.15) is 30.1 Å². The van der Waals surface area contributed by atoms with Crippen LogP contribution in [0.15, 0.2) is 42.5 Å². The second-order valence-corrected chi connectivity index (χ2v) is 5.50. The average molecular weight is 287 g/mol. The highest BCUT2D eigenvalue weighted by Gasteiger charge is 2.23. The molecule has 3 rings (SSSR count). The monoisotopic (exact) mass is 286 g/mol. The third kappa shape index (κ3) is 2.86. The van der Waals surface area contributed by atoms with Crippen LogP contribution in [0, 0.1) is 0 Å². The fourth-order valence-electron chi connectivity index (χ4n) is 2.11. The van der Waals surface area contributed by atoms with E-state index >= 15 is 0 Å². The zero-order valence-corrected chi connectivity index (χ0v) is 12.0. The molecule has 1 saturated carbocycles. The molecule has 0 unspecified atom stereocenters. The van der Waals surface area contributed by atoms with Gasteiger partial charge in [-0.25, -0.2) is 0 Å². The number of Topliss-reactive ketones (excluding diaryl/α,β-unsaturated/α-hetero) is 1. The van der Waals surface area contributed by atoms with Crippen molar-refractivity contribution in [3.05, 3.63) is 53.1 Å². The lowest BCUT2D eigenvalue weighted by Crippen LogP contribution is -1.96. The van der Waals surface area contributed by atoms with E-state index in [1.165, 1.54) is 6.92 Å². The molecule has 0 aliphatic heterocycles. The highest BCUT2D eigenvalue weighted by atomic mass is 35.5. The van der Waals surface area contributed by atoms with Crippen molar-refractivity contribution >= 4 is 17.4 Å². The summed E-state index contributed by atoms with van der Waals surface area (Å²) in [6, 6.07) is 13.5. The van der Waals surface area contributed by atoms with Crippen LogP contribution < -0.4 is 4.74 Å². The molecule has 0 bridgehead atoms. The van der Waals surface area contributed by atoms with E-state index < -0.39 is 0 Å². The van der Waals surface area contributed by atoms with Gasteiger partial charge in [-0.3, -0.25) is 4.79 Å². The van der Waals surface area contributed by atoms with E-state index in [0.29, 0.717) is 16.7 Å². The summed E-state index contributed by atoms with van der Waals surface area (Å²) in [4.78, 5) is 11.4. The van der Waals surface area contributed by atoms with Crippen molar-refractivity contribution in [1.29, 1.82) is 0 Å². The zero-order valence-electron chi connectivity index (χ0n) is 11.2. The molecule has 0 heterocycles. The van der Waals surface area contributed by atoms with Crippen LogP contribution in [0.25, 0.3) is 11.1 Å². The molecule has 0 saturated heterocycles. The van der Waals surface area contributed by atoms with E-state index in [1.54, 1.807) is 6.07 Å². The molecule has 1 fully saturated rings. The standard InChI is InChI=1S/C17H15ClO2/c1-11(19)16-8-5-13(10-17(16)18)12-3-2-4-15(9-12)20-14-6-7-14/h2-5,8-10,14H,6-7H2,1H3. The van der Waals surface area contributed by atoms with Crippen LogP contribution in [0.4, 0.5) is 0 Å². The van der Waals surface area contributed by atoms with Crippen molar-refractivity contribution < 1.29 is 9.53 Å². The van der Waals surface area contributed by atoms with Crippen molar-refractivity contribution in [3.63, 3.8) is 0 Å². The first-order chi connectivity index (χ1) is 9.63. The van der Waals surface area contributed by atoms with E-state index in [2.05, 4.69) is 0 Å². The molecule has 102 valence electrons. The Balaban J connectivity index is 1.91. The Morgan fingerprint density at radius 3 is 2.55 bits per heavy atom. The van der Waals surface area contributed by atoms with Gasteiger partial charge in [0.2, 0.25) is 0 Å². The van der Waals surface area contributed by atoms with Gasteiger partial charge in [-0.05, 0) is 55.2 Å². The highest BCUT2D eigenvalue weighted by Crippen LogP contribution is 2.31. The Morgan fingerprint density at radius 2 is 1.90 bits per heavy atom. The van der Waals surface area contributed by atoms with Gasteiger partial charge in [0.25, 0.3) is 0 Å². The lowest BCUT2D eigenvalue weighted by molar-refractivity contribution is 0.101. The van der Waals surface area contributed by atoms with Gasteiger partial charge in [0.15, 0.2) is 5.78 Å². The van der Waals surface area contributed by atoms with Crippen LogP contribution in [-0.4, -0.2) is 11.9 Å². The third-order valence-corrected chi connectivity index (χ3v) is 3.66. The Hall–Kier alpha value is -1.80. The molecule has 0 amide bonds. The molecule has 0 aromatic heterocycles. The summed E-state index contributed by atoms with van der Waals surface area (Å²) in [7, 11) is 0. The minimum Gasteiger partial charge on any atom is -0.490 e. The maximum Gasteiger partial charge on any atom is 0.161 e. The first kappa shape index (κ1) is 13.2. The maximum atomic E-state index is 11.4. The summed E-state index contributed by atoms with van der Waals surface area (Å²) in [5.74, 6) is 0.865. The Morgan fingerprint density at radius 1 is 1.15 bits per heavy atom. The minimum absolute atomic E-state index is 0.0210. The summed E-state index contributed by atoms with van der Waals surface area (Å²) in [5.41, 5.74) is 2.59. The van der Waals surface area contributed by atoms with E-state index in [-0.39, 0.29) is 5.78 Å². The molecule has 3 heteroatoms. The molecule has 0 spiro atoms. The summed E-state index contributed by atoms with van der Waals surface area (Å²) in [5, 5.41) is 0.489. The fraction of sp³-hybridized carbons (Fsp3) is 0.235. The molecule has 0 atom stereocenters. The van der Waals surface area contributed by atoms with Crippen molar-refractivity contribution in [2.75, 3.05) is 0 Å². The van der Waals surface area contributed by atoms with Crippen molar-refractivity contribution in [1.82, 2.24) is 0 Å². The number of hydrogen-bond acceptors (Lipinski definition) is 2. The van der Waals surface area contributed by atoms with Crippen LogP contribution in [-0.2, 0) is 0 Å². The highest BCUT2D eigenvalue weighted by molar-refractivity contribution is 6.34. The van der Waals surface area contributed by atoms with Crippen molar-refractivity contribution in [3.8, 4) is 16.9 Å². The summed E-state index contributed by atoms with van der Waals surface area (Å²) >= 11 is 6.16. The van der Waals surface area contributed by atoms with Crippen LogP contribution >= 0.6 is 11.6 Å². The fourth-order valence-corrected chi connectivity index (χ4v) is 2.42. The number of benzene rings is 2. The number of ketones is 1. The number of halogens is 1. The smallest absolute Gasteiger partial charge is 0.161 e. The molecule has 0 radical (unpaired) electrons. The molecule has 1 aliphatic carbocycles. The number of carbonyl (C=O) groups excluding carboxylic acids is 1. The van der Waals surface area contributed by atoms with Gasteiger partial charge < -0.3 is 4.74 Å². The first-order valence-electron chi connectivity index (χ1n) is 6.71. The molecule has 1 aliphatic rings. The van der Waals surface area contributed by atoms with Crippen LogP contribution in [0.2, 0.25) is 5.02 Å². The Kier molecular flexibility index (Phi) is 3.49.